The molecule has 0 radical (unpaired) electrons. The minimum absolute atomic E-state index is 0.177. The van der Waals surface area contributed by atoms with Gasteiger partial charge in [0.05, 0.1) is 17.6 Å². The summed E-state index contributed by atoms with van der Waals surface area (Å²) in [6, 6.07) is 11.2. The summed E-state index contributed by atoms with van der Waals surface area (Å²) in [5.41, 5.74) is 2.44. The average Bonchev–Trinajstić information content (AvgIpc) is 2.92. The number of nitrogens with one attached hydrogen (secondary N) is 1. The fourth-order valence-corrected chi connectivity index (χ4v) is 2.81. The lowest BCUT2D eigenvalue weighted by molar-refractivity contribution is 0.102. The second-order valence-corrected chi connectivity index (χ2v) is 6.06. The SMILES string of the molecule is CON=Cc1ccc(-c2ccc(F)cc2NC(=O)c2c(C)nn(C)c2F)cc1. The number of aromatic nitrogens is 2. The molecule has 1 aromatic heterocycles. The highest BCUT2D eigenvalue weighted by Crippen LogP contribution is 2.30. The van der Waals surface area contributed by atoms with Gasteiger partial charge < -0.3 is 10.2 Å². The average molecular weight is 384 g/mol. The van der Waals surface area contributed by atoms with Gasteiger partial charge in [-0.15, -0.1) is 0 Å². The lowest BCUT2D eigenvalue weighted by Gasteiger charge is -2.12. The minimum Gasteiger partial charge on any atom is -0.399 e. The Hall–Kier alpha value is -3.55. The second-order valence-electron chi connectivity index (χ2n) is 6.06. The van der Waals surface area contributed by atoms with E-state index < -0.39 is 17.7 Å². The maximum atomic E-state index is 14.2. The molecule has 1 N–H and O–H groups in total. The van der Waals surface area contributed by atoms with Gasteiger partial charge in [-0.1, -0.05) is 29.4 Å². The van der Waals surface area contributed by atoms with Gasteiger partial charge in [0, 0.05) is 12.6 Å². The molecule has 0 spiro atoms. The van der Waals surface area contributed by atoms with E-state index in [1.807, 2.05) is 0 Å². The number of halogens is 2. The van der Waals surface area contributed by atoms with Crippen LogP contribution in [0.15, 0.2) is 47.6 Å². The van der Waals surface area contributed by atoms with Crippen molar-refractivity contribution in [1.29, 1.82) is 0 Å². The first kappa shape index (κ1) is 19.2. The molecule has 0 unspecified atom stereocenters. The predicted octanol–water partition coefficient (Wildman–Crippen LogP) is 3.91. The Morgan fingerprint density at radius 1 is 1.21 bits per heavy atom. The first-order valence-electron chi connectivity index (χ1n) is 8.37. The molecule has 0 aliphatic carbocycles. The number of carbonyl (C=O) groups is 1. The van der Waals surface area contributed by atoms with Gasteiger partial charge in [0.1, 0.15) is 18.5 Å². The van der Waals surface area contributed by atoms with Crippen LogP contribution in [-0.4, -0.2) is 29.0 Å². The van der Waals surface area contributed by atoms with E-state index in [4.69, 9.17) is 0 Å². The van der Waals surface area contributed by atoms with Crippen LogP contribution in [0.25, 0.3) is 11.1 Å². The largest absolute Gasteiger partial charge is 0.399 e. The molecule has 1 heterocycles. The predicted molar refractivity (Wildman–Crippen MR) is 102 cm³/mol. The number of hydrogen-bond donors (Lipinski definition) is 1. The molecule has 3 rings (SSSR count). The number of benzene rings is 2. The quantitative estimate of drug-likeness (QED) is 0.536. The summed E-state index contributed by atoms with van der Waals surface area (Å²) in [4.78, 5) is 17.2. The van der Waals surface area contributed by atoms with Crippen LogP contribution in [-0.2, 0) is 11.9 Å². The molecule has 144 valence electrons. The summed E-state index contributed by atoms with van der Waals surface area (Å²) in [5.74, 6) is -1.97. The fraction of sp³-hybridized carbons (Fsp3) is 0.150. The highest BCUT2D eigenvalue weighted by Gasteiger charge is 2.21. The Bertz CT molecular complexity index is 1040. The maximum Gasteiger partial charge on any atom is 0.262 e. The third-order valence-electron chi connectivity index (χ3n) is 4.14. The van der Waals surface area contributed by atoms with Crippen LogP contribution in [0, 0.1) is 18.7 Å². The third-order valence-corrected chi connectivity index (χ3v) is 4.14. The maximum absolute atomic E-state index is 14.2. The van der Waals surface area contributed by atoms with Crippen LogP contribution in [0.2, 0.25) is 0 Å². The molecule has 1 amide bonds. The zero-order valence-electron chi connectivity index (χ0n) is 15.5. The fourth-order valence-electron chi connectivity index (χ4n) is 2.81. The van der Waals surface area contributed by atoms with E-state index in [-0.39, 0.29) is 16.9 Å². The van der Waals surface area contributed by atoms with Gasteiger partial charge in [-0.25, -0.2) is 9.07 Å². The smallest absolute Gasteiger partial charge is 0.262 e. The second kappa shape index (κ2) is 7.99. The van der Waals surface area contributed by atoms with E-state index >= 15 is 0 Å². The van der Waals surface area contributed by atoms with Crippen LogP contribution >= 0.6 is 0 Å². The van der Waals surface area contributed by atoms with E-state index in [2.05, 4.69) is 20.4 Å². The van der Waals surface area contributed by atoms with Crippen molar-refractivity contribution >= 4 is 17.8 Å². The van der Waals surface area contributed by atoms with Crippen molar-refractivity contribution in [1.82, 2.24) is 9.78 Å². The number of carbonyl (C=O) groups excluding carboxylic acids is 1. The van der Waals surface area contributed by atoms with Gasteiger partial charge >= 0.3 is 0 Å². The first-order valence-corrected chi connectivity index (χ1v) is 8.37. The van der Waals surface area contributed by atoms with Crippen molar-refractivity contribution in [2.24, 2.45) is 12.2 Å². The molecular formula is C20H18F2N4O2. The van der Waals surface area contributed by atoms with Gasteiger partial charge in [0.25, 0.3) is 5.91 Å². The molecule has 3 aromatic rings. The monoisotopic (exact) mass is 384 g/mol. The molecule has 6 nitrogen and oxygen atoms in total. The molecule has 2 aromatic carbocycles. The zero-order chi connectivity index (χ0) is 20.3. The highest BCUT2D eigenvalue weighted by molar-refractivity contribution is 6.07. The molecule has 0 saturated carbocycles. The molecular weight excluding hydrogens is 366 g/mol. The van der Waals surface area contributed by atoms with Gasteiger partial charge in [-0.2, -0.15) is 9.49 Å². The summed E-state index contributed by atoms with van der Waals surface area (Å²) < 4.78 is 29.0. The van der Waals surface area contributed by atoms with Crippen molar-refractivity contribution in [3.05, 3.63) is 71.1 Å². The van der Waals surface area contributed by atoms with Crippen LogP contribution < -0.4 is 5.32 Å². The van der Waals surface area contributed by atoms with E-state index in [1.165, 1.54) is 33.2 Å². The first-order chi connectivity index (χ1) is 13.4. The Kier molecular flexibility index (Phi) is 5.49. The summed E-state index contributed by atoms with van der Waals surface area (Å²) in [6.45, 7) is 1.53. The molecule has 28 heavy (non-hydrogen) atoms. The Morgan fingerprint density at radius 3 is 2.54 bits per heavy atom. The molecule has 0 bridgehead atoms. The number of nitrogens with zero attached hydrogens (tertiary/aromatic N) is 3. The van der Waals surface area contributed by atoms with Crippen molar-refractivity contribution in [2.75, 3.05) is 12.4 Å². The van der Waals surface area contributed by atoms with Crippen molar-refractivity contribution in [3.63, 3.8) is 0 Å². The van der Waals surface area contributed by atoms with Gasteiger partial charge in [0.2, 0.25) is 5.95 Å². The number of rotatable bonds is 5. The highest BCUT2D eigenvalue weighted by atomic mass is 19.1. The van der Waals surface area contributed by atoms with E-state index in [0.29, 0.717) is 5.56 Å². The van der Waals surface area contributed by atoms with Crippen LogP contribution in [0.3, 0.4) is 0 Å². The van der Waals surface area contributed by atoms with E-state index in [9.17, 15) is 13.6 Å². The Labute approximate surface area is 160 Å². The summed E-state index contributed by atoms with van der Waals surface area (Å²) >= 11 is 0. The Balaban J connectivity index is 1.95. The third kappa shape index (κ3) is 3.90. The molecule has 0 fully saturated rings. The van der Waals surface area contributed by atoms with Crippen LogP contribution in [0.4, 0.5) is 14.5 Å². The lowest BCUT2D eigenvalue weighted by Crippen LogP contribution is -2.15. The summed E-state index contributed by atoms with van der Waals surface area (Å²) in [7, 11) is 2.85. The molecule has 8 heteroatoms. The van der Waals surface area contributed by atoms with Gasteiger partial charge in [-0.05, 0) is 36.2 Å². The normalized spacial score (nSPS) is 11.0. The lowest BCUT2D eigenvalue weighted by atomic mass is 10.0. The van der Waals surface area contributed by atoms with Gasteiger partial charge in [-0.3, -0.25) is 4.79 Å². The number of amides is 1. The number of anilines is 1. The standard InChI is InChI=1S/C20H18F2N4O2/c1-12-18(19(22)26(2)25-12)20(27)24-17-10-15(21)8-9-16(17)14-6-4-13(5-7-14)11-23-28-3/h4-11H,1-3H3,(H,24,27). The zero-order valence-corrected chi connectivity index (χ0v) is 15.5. The number of aryl methyl sites for hydroxylation is 2. The Morgan fingerprint density at radius 2 is 1.93 bits per heavy atom. The number of hydrogen-bond acceptors (Lipinski definition) is 4. The molecule has 0 aliphatic rings. The summed E-state index contributed by atoms with van der Waals surface area (Å²) in [6.07, 6.45) is 1.55. The van der Waals surface area contributed by atoms with E-state index in [0.717, 1.165) is 15.8 Å². The van der Waals surface area contributed by atoms with Crippen LogP contribution in [0.5, 0.6) is 0 Å². The number of oxime groups is 1. The minimum atomic E-state index is -0.755. The van der Waals surface area contributed by atoms with E-state index in [1.54, 1.807) is 36.5 Å². The summed E-state index contributed by atoms with van der Waals surface area (Å²) in [5, 5.41) is 10.2. The van der Waals surface area contributed by atoms with Crippen LogP contribution in [0.1, 0.15) is 21.6 Å². The molecule has 0 atom stereocenters. The molecule has 0 aliphatic heterocycles. The van der Waals surface area contributed by atoms with Crippen molar-refractivity contribution < 1.29 is 18.4 Å². The molecule has 0 saturated heterocycles. The van der Waals surface area contributed by atoms with Gasteiger partial charge in [0.15, 0.2) is 0 Å². The van der Waals surface area contributed by atoms with Crippen molar-refractivity contribution in [2.45, 2.75) is 6.92 Å². The van der Waals surface area contributed by atoms with Crippen molar-refractivity contribution in [3.8, 4) is 11.1 Å². The topological polar surface area (TPSA) is 68.5 Å².